The molecule has 0 saturated heterocycles. The van der Waals surface area contributed by atoms with E-state index in [1.807, 2.05) is 0 Å². The Balaban J connectivity index is 1.86. The molecule has 0 amide bonds. The first-order valence-electron chi connectivity index (χ1n) is 13.5. The maximum Gasteiger partial charge on any atom is 0.314 e. The normalized spacial score (nSPS) is 17.5. The van der Waals surface area contributed by atoms with Crippen LogP contribution in [-0.4, -0.2) is 5.97 Å². The van der Waals surface area contributed by atoms with Crippen molar-refractivity contribution in [1.82, 2.24) is 0 Å². The summed E-state index contributed by atoms with van der Waals surface area (Å²) in [5, 5.41) is 0. The maximum atomic E-state index is 14.9. The van der Waals surface area contributed by atoms with E-state index in [1.165, 1.54) is 0 Å². The van der Waals surface area contributed by atoms with Gasteiger partial charge in [-0.25, -0.2) is 26.3 Å². The van der Waals surface area contributed by atoms with Gasteiger partial charge >= 0.3 is 5.97 Å². The number of rotatable bonds is 11. The van der Waals surface area contributed by atoms with Crippen LogP contribution in [0.2, 0.25) is 0 Å². The molecule has 0 heterocycles. The summed E-state index contributed by atoms with van der Waals surface area (Å²) >= 11 is 0. The average Bonchev–Trinajstić information content (AvgIpc) is 2.93. The molecule has 0 aromatic heterocycles. The van der Waals surface area contributed by atoms with Gasteiger partial charge in [0.05, 0.1) is 17.0 Å². The van der Waals surface area contributed by atoms with Crippen LogP contribution in [0.4, 0.5) is 35.1 Å². The van der Waals surface area contributed by atoms with Crippen LogP contribution in [0.15, 0.2) is 0 Å². The number of carbonyl (C=O) groups excluding carboxylic acids is 1. The molecule has 0 radical (unpaired) electrons. The average molecular weight is 565 g/mol. The number of halogens is 8. The number of hydrogen-bond donors (Lipinski definition) is 0. The lowest BCUT2D eigenvalue weighted by Crippen LogP contribution is -2.26. The standard InChI is InChI=1S/C29H32F8O2/c1-3-5-7-8-9-15-11-13-16(14-12-15)29(38)39-28-26(36)24(34)19(25(35)27(28)37)18-22(32)20(30)17(10-6-4-2)21(31)23(18)33/h15-16H,3-14H2,1-2H3/t15-,16-. The van der Waals surface area contributed by atoms with Crippen molar-refractivity contribution in [3.05, 3.63) is 52.1 Å². The molecular formula is C29H32F8O2. The molecule has 0 aliphatic heterocycles. The Morgan fingerprint density at radius 3 is 1.62 bits per heavy atom. The van der Waals surface area contributed by atoms with Gasteiger partial charge in [0.15, 0.2) is 34.9 Å². The van der Waals surface area contributed by atoms with E-state index in [-0.39, 0.29) is 6.42 Å². The molecular weight excluding hydrogens is 532 g/mol. The Morgan fingerprint density at radius 2 is 1.13 bits per heavy atom. The first-order valence-corrected chi connectivity index (χ1v) is 13.5. The first-order chi connectivity index (χ1) is 18.5. The third-order valence-electron chi connectivity index (χ3n) is 7.46. The van der Waals surface area contributed by atoms with E-state index < -0.39 is 87.3 Å². The summed E-state index contributed by atoms with van der Waals surface area (Å²) in [6.45, 7) is 3.76. The van der Waals surface area contributed by atoms with Crippen LogP contribution in [0.3, 0.4) is 0 Å². The van der Waals surface area contributed by atoms with Crippen molar-refractivity contribution in [2.24, 2.45) is 11.8 Å². The smallest absolute Gasteiger partial charge is 0.314 e. The van der Waals surface area contributed by atoms with Crippen LogP contribution >= 0.6 is 0 Å². The van der Waals surface area contributed by atoms with Crippen molar-refractivity contribution in [3.63, 3.8) is 0 Å². The summed E-state index contributed by atoms with van der Waals surface area (Å²) in [5.41, 5.74) is -4.91. The molecule has 0 N–H and O–H groups in total. The molecule has 10 heteroatoms. The van der Waals surface area contributed by atoms with E-state index in [0.717, 1.165) is 32.1 Å². The van der Waals surface area contributed by atoms with Gasteiger partial charge < -0.3 is 4.74 Å². The molecule has 2 nitrogen and oxygen atoms in total. The Morgan fingerprint density at radius 1 is 0.641 bits per heavy atom. The van der Waals surface area contributed by atoms with Crippen LogP contribution < -0.4 is 4.74 Å². The van der Waals surface area contributed by atoms with Crippen LogP contribution in [0.5, 0.6) is 5.75 Å². The van der Waals surface area contributed by atoms with E-state index in [2.05, 4.69) is 11.7 Å². The van der Waals surface area contributed by atoms with E-state index in [0.29, 0.717) is 38.0 Å². The highest BCUT2D eigenvalue weighted by Crippen LogP contribution is 2.41. The lowest BCUT2D eigenvalue weighted by atomic mass is 9.80. The van der Waals surface area contributed by atoms with Gasteiger partial charge in [-0.2, -0.15) is 8.78 Å². The first kappa shape index (κ1) is 30.9. The van der Waals surface area contributed by atoms with Gasteiger partial charge in [0.1, 0.15) is 0 Å². The second kappa shape index (κ2) is 13.6. The van der Waals surface area contributed by atoms with Crippen molar-refractivity contribution < 1.29 is 44.7 Å². The van der Waals surface area contributed by atoms with Gasteiger partial charge in [-0.05, 0) is 44.4 Å². The summed E-state index contributed by atoms with van der Waals surface area (Å²) < 4.78 is 122. The molecule has 0 spiro atoms. The molecule has 3 rings (SSSR count). The second-order valence-electron chi connectivity index (χ2n) is 10.2. The minimum Gasteiger partial charge on any atom is -0.420 e. The van der Waals surface area contributed by atoms with Crippen molar-refractivity contribution in [3.8, 4) is 16.9 Å². The van der Waals surface area contributed by atoms with Gasteiger partial charge in [0.25, 0.3) is 0 Å². The van der Waals surface area contributed by atoms with Crippen molar-refractivity contribution in [2.75, 3.05) is 0 Å². The summed E-state index contributed by atoms with van der Waals surface area (Å²) in [7, 11) is 0. The highest BCUT2D eigenvalue weighted by atomic mass is 19.2. The van der Waals surface area contributed by atoms with Crippen LogP contribution in [0, 0.1) is 58.4 Å². The minimum absolute atomic E-state index is 0.152. The molecule has 0 atom stereocenters. The summed E-state index contributed by atoms with van der Waals surface area (Å²) in [4.78, 5) is 12.6. The Hall–Kier alpha value is -2.65. The van der Waals surface area contributed by atoms with Gasteiger partial charge in [0, 0.05) is 5.56 Å². The predicted molar refractivity (Wildman–Crippen MR) is 130 cm³/mol. The SMILES string of the molecule is CCCCCC[C@H]1CC[C@H](C(=O)Oc2c(F)c(F)c(-c3c(F)c(F)c(CCCC)c(F)c3F)c(F)c2F)CC1. The minimum atomic E-state index is -2.36. The van der Waals surface area contributed by atoms with Gasteiger partial charge in [-0.15, -0.1) is 0 Å². The van der Waals surface area contributed by atoms with Crippen molar-refractivity contribution >= 4 is 5.97 Å². The fraction of sp³-hybridized carbons (Fsp3) is 0.552. The zero-order chi connectivity index (χ0) is 28.9. The number of esters is 1. The number of hydrogen-bond acceptors (Lipinski definition) is 2. The molecule has 0 bridgehead atoms. The fourth-order valence-corrected chi connectivity index (χ4v) is 5.12. The number of unbranched alkanes of at least 4 members (excludes halogenated alkanes) is 4. The monoisotopic (exact) mass is 564 g/mol. The highest BCUT2D eigenvalue weighted by Gasteiger charge is 2.36. The second-order valence-corrected chi connectivity index (χ2v) is 10.2. The quantitative estimate of drug-likeness (QED) is 0.0893. The van der Waals surface area contributed by atoms with Crippen LogP contribution in [0.1, 0.15) is 90.0 Å². The van der Waals surface area contributed by atoms with E-state index in [9.17, 15) is 39.9 Å². The zero-order valence-electron chi connectivity index (χ0n) is 22.0. The van der Waals surface area contributed by atoms with Crippen molar-refractivity contribution in [2.45, 2.75) is 90.9 Å². The molecule has 2 aromatic carbocycles. The van der Waals surface area contributed by atoms with Crippen LogP contribution in [-0.2, 0) is 11.2 Å². The number of benzene rings is 2. The lowest BCUT2D eigenvalue weighted by molar-refractivity contribution is -0.140. The zero-order valence-corrected chi connectivity index (χ0v) is 22.0. The Bertz CT molecular complexity index is 1130. The number of ether oxygens (including phenoxy) is 1. The Kier molecular flexibility index (Phi) is 10.8. The summed E-state index contributed by atoms with van der Waals surface area (Å²) in [6.07, 6.45) is 7.67. The maximum absolute atomic E-state index is 14.9. The van der Waals surface area contributed by atoms with Crippen molar-refractivity contribution in [1.29, 1.82) is 0 Å². The summed E-state index contributed by atoms with van der Waals surface area (Å²) in [5.74, 6) is -20.6. The highest BCUT2D eigenvalue weighted by molar-refractivity contribution is 5.76. The van der Waals surface area contributed by atoms with E-state index in [4.69, 9.17) is 0 Å². The van der Waals surface area contributed by atoms with Crippen LogP contribution in [0.25, 0.3) is 11.1 Å². The molecule has 2 aromatic rings. The van der Waals surface area contributed by atoms with Gasteiger partial charge in [-0.1, -0.05) is 52.4 Å². The molecule has 1 aliphatic rings. The molecule has 39 heavy (non-hydrogen) atoms. The molecule has 216 valence electrons. The Labute approximate surface area is 222 Å². The fourth-order valence-electron chi connectivity index (χ4n) is 5.12. The number of carbonyl (C=O) groups is 1. The topological polar surface area (TPSA) is 26.3 Å². The molecule has 0 unspecified atom stereocenters. The molecule has 1 fully saturated rings. The predicted octanol–water partition coefficient (Wildman–Crippen LogP) is 9.49. The largest absolute Gasteiger partial charge is 0.420 e. The summed E-state index contributed by atoms with van der Waals surface area (Å²) in [6, 6.07) is 0. The van der Waals surface area contributed by atoms with E-state index >= 15 is 0 Å². The van der Waals surface area contributed by atoms with Gasteiger partial charge in [0.2, 0.25) is 17.4 Å². The third-order valence-corrected chi connectivity index (χ3v) is 7.46. The van der Waals surface area contributed by atoms with Gasteiger partial charge in [-0.3, -0.25) is 4.79 Å². The molecule has 1 aliphatic carbocycles. The molecule has 1 saturated carbocycles. The third kappa shape index (κ3) is 6.57. The van der Waals surface area contributed by atoms with E-state index in [1.54, 1.807) is 6.92 Å². The lowest BCUT2D eigenvalue weighted by Gasteiger charge is -2.27.